The molecule has 0 saturated heterocycles. The monoisotopic (exact) mass is 266 g/mol. The first kappa shape index (κ1) is 10.2. The van der Waals surface area contributed by atoms with E-state index >= 15 is 0 Å². The molecule has 4 heteroatoms. The lowest BCUT2D eigenvalue weighted by Gasteiger charge is -1.99. The molecule has 2 aromatic rings. The summed E-state index contributed by atoms with van der Waals surface area (Å²) < 4.78 is 2.58. The zero-order valence-electron chi connectivity index (χ0n) is 8.33. The third-order valence-electron chi connectivity index (χ3n) is 2.24. The Morgan fingerprint density at radius 1 is 1.40 bits per heavy atom. The van der Waals surface area contributed by atoms with Gasteiger partial charge in [-0.2, -0.15) is 0 Å². The van der Waals surface area contributed by atoms with Crippen LogP contribution in [0.2, 0.25) is 0 Å². The van der Waals surface area contributed by atoms with E-state index in [-0.39, 0.29) is 5.56 Å². The molecule has 0 fully saturated rings. The molecule has 15 heavy (non-hydrogen) atoms. The van der Waals surface area contributed by atoms with Crippen LogP contribution >= 0.6 is 15.9 Å². The van der Waals surface area contributed by atoms with Crippen molar-refractivity contribution in [2.75, 3.05) is 0 Å². The molecular formula is C11H11BrN2O. The lowest BCUT2D eigenvalue weighted by Crippen LogP contribution is -2.13. The summed E-state index contributed by atoms with van der Waals surface area (Å²) in [5.41, 5.74) is 1.87. The average Bonchev–Trinajstić information content (AvgIpc) is 2.60. The summed E-state index contributed by atoms with van der Waals surface area (Å²) in [4.78, 5) is 11.4. The second-order valence-electron chi connectivity index (χ2n) is 3.26. The van der Waals surface area contributed by atoms with Gasteiger partial charge in [-0.05, 0) is 19.1 Å². The van der Waals surface area contributed by atoms with Crippen LogP contribution in [0.3, 0.4) is 0 Å². The van der Waals surface area contributed by atoms with Gasteiger partial charge >= 0.3 is 0 Å². The van der Waals surface area contributed by atoms with Gasteiger partial charge in [0.25, 0.3) is 5.56 Å². The number of aryl methyl sites for hydroxylation is 1. The van der Waals surface area contributed by atoms with Crippen molar-refractivity contribution in [1.29, 1.82) is 0 Å². The summed E-state index contributed by atoms with van der Waals surface area (Å²) in [6, 6.07) is 9.46. The van der Waals surface area contributed by atoms with Gasteiger partial charge in [0.2, 0.25) is 0 Å². The van der Waals surface area contributed by atoms with Crippen LogP contribution in [-0.4, -0.2) is 9.78 Å². The van der Waals surface area contributed by atoms with Crippen molar-refractivity contribution in [3.8, 4) is 11.3 Å². The molecule has 0 saturated carbocycles. The minimum atomic E-state index is 0.00692. The Bertz CT molecular complexity index is 527. The predicted octanol–water partition coefficient (Wildman–Crippen LogP) is 2.63. The highest BCUT2D eigenvalue weighted by Crippen LogP contribution is 2.19. The second kappa shape index (κ2) is 4.06. The molecule has 0 bridgehead atoms. The van der Waals surface area contributed by atoms with Gasteiger partial charge in [-0.25, -0.2) is 0 Å². The Kier molecular flexibility index (Phi) is 2.77. The third kappa shape index (κ3) is 2.04. The molecule has 1 N–H and O–H groups in total. The van der Waals surface area contributed by atoms with Crippen LogP contribution in [0.25, 0.3) is 11.3 Å². The fraction of sp³-hybridized carbons (Fsp3) is 0.182. The predicted molar refractivity (Wildman–Crippen MR) is 63.9 cm³/mol. The topological polar surface area (TPSA) is 37.8 Å². The van der Waals surface area contributed by atoms with Gasteiger partial charge in [0.05, 0.1) is 5.69 Å². The first-order chi connectivity index (χ1) is 7.20. The minimum absolute atomic E-state index is 0.00692. The summed E-state index contributed by atoms with van der Waals surface area (Å²) in [5, 5.41) is 3.06. The maximum absolute atomic E-state index is 11.4. The van der Waals surface area contributed by atoms with E-state index in [4.69, 9.17) is 0 Å². The van der Waals surface area contributed by atoms with E-state index in [1.807, 2.05) is 31.2 Å². The van der Waals surface area contributed by atoms with Crippen LogP contribution in [0.5, 0.6) is 0 Å². The molecular weight excluding hydrogens is 256 g/mol. The van der Waals surface area contributed by atoms with Crippen molar-refractivity contribution < 1.29 is 0 Å². The fourth-order valence-electron chi connectivity index (χ4n) is 1.47. The summed E-state index contributed by atoms with van der Waals surface area (Å²) >= 11 is 3.40. The average molecular weight is 267 g/mol. The largest absolute Gasteiger partial charge is 0.295 e. The van der Waals surface area contributed by atoms with Crippen molar-refractivity contribution >= 4 is 15.9 Å². The molecule has 0 aliphatic rings. The van der Waals surface area contributed by atoms with Crippen LogP contribution < -0.4 is 5.56 Å². The molecule has 0 amide bonds. The zero-order valence-corrected chi connectivity index (χ0v) is 9.91. The first-order valence-corrected chi connectivity index (χ1v) is 5.56. The van der Waals surface area contributed by atoms with Crippen molar-refractivity contribution in [1.82, 2.24) is 9.78 Å². The van der Waals surface area contributed by atoms with E-state index in [0.29, 0.717) is 6.54 Å². The Balaban J connectivity index is 2.50. The zero-order chi connectivity index (χ0) is 10.8. The Labute approximate surface area is 95.9 Å². The summed E-state index contributed by atoms with van der Waals surface area (Å²) in [6.45, 7) is 2.59. The van der Waals surface area contributed by atoms with Crippen molar-refractivity contribution in [2.45, 2.75) is 13.5 Å². The number of aromatic nitrogens is 2. The standard InChI is InChI=1S/C11H11BrN2O/c1-2-14-11(15)7-10(13-14)8-4-3-5-9(12)6-8/h3-7,13H,2H2,1H3. The number of rotatable bonds is 2. The van der Waals surface area contributed by atoms with Gasteiger partial charge in [-0.1, -0.05) is 28.1 Å². The maximum atomic E-state index is 11.4. The van der Waals surface area contributed by atoms with Gasteiger partial charge in [-0.15, -0.1) is 0 Å². The summed E-state index contributed by atoms with van der Waals surface area (Å²) in [6.07, 6.45) is 0. The van der Waals surface area contributed by atoms with Crippen molar-refractivity contribution in [2.24, 2.45) is 0 Å². The number of hydrogen-bond acceptors (Lipinski definition) is 1. The normalized spacial score (nSPS) is 10.5. The van der Waals surface area contributed by atoms with E-state index in [0.717, 1.165) is 15.7 Å². The lowest BCUT2D eigenvalue weighted by atomic mass is 10.2. The number of benzene rings is 1. The van der Waals surface area contributed by atoms with Crippen molar-refractivity contribution in [3.05, 3.63) is 45.2 Å². The SMILES string of the molecule is CCn1[nH]c(-c2cccc(Br)c2)cc1=O. The molecule has 1 aromatic heterocycles. The highest BCUT2D eigenvalue weighted by atomic mass is 79.9. The van der Waals surface area contributed by atoms with E-state index in [1.165, 1.54) is 0 Å². The van der Waals surface area contributed by atoms with E-state index in [9.17, 15) is 4.79 Å². The van der Waals surface area contributed by atoms with E-state index in [1.54, 1.807) is 10.7 Å². The van der Waals surface area contributed by atoms with Crippen LogP contribution in [0.1, 0.15) is 6.92 Å². The Hall–Kier alpha value is -1.29. The van der Waals surface area contributed by atoms with Crippen LogP contribution in [-0.2, 0) is 6.54 Å². The molecule has 1 heterocycles. The number of hydrogen-bond donors (Lipinski definition) is 1. The minimum Gasteiger partial charge on any atom is -0.295 e. The quantitative estimate of drug-likeness (QED) is 0.892. The van der Waals surface area contributed by atoms with Crippen LogP contribution in [0.15, 0.2) is 39.6 Å². The van der Waals surface area contributed by atoms with Crippen LogP contribution in [0, 0.1) is 0 Å². The van der Waals surface area contributed by atoms with Gasteiger partial charge in [0, 0.05) is 22.6 Å². The smallest absolute Gasteiger partial charge is 0.267 e. The molecule has 0 atom stereocenters. The summed E-state index contributed by atoms with van der Waals surface area (Å²) in [7, 11) is 0. The van der Waals surface area contributed by atoms with Crippen LogP contribution in [0.4, 0.5) is 0 Å². The molecule has 0 aliphatic heterocycles. The number of aromatic amines is 1. The third-order valence-corrected chi connectivity index (χ3v) is 2.73. The number of nitrogens with one attached hydrogen (secondary N) is 1. The van der Waals surface area contributed by atoms with E-state index in [2.05, 4.69) is 21.0 Å². The van der Waals surface area contributed by atoms with E-state index < -0.39 is 0 Å². The molecule has 0 spiro atoms. The molecule has 0 unspecified atom stereocenters. The van der Waals surface area contributed by atoms with Gasteiger partial charge < -0.3 is 0 Å². The van der Waals surface area contributed by atoms with Gasteiger partial charge in [-0.3, -0.25) is 14.6 Å². The number of H-pyrrole nitrogens is 1. The van der Waals surface area contributed by atoms with Gasteiger partial charge in [0.1, 0.15) is 0 Å². The molecule has 0 aliphatic carbocycles. The molecule has 2 rings (SSSR count). The lowest BCUT2D eigenvalue weighted by molar-refractivity contribution is 0.640. The van der Waals surface area contributed by atoms with Gasteiger partial charge in [0.15, 0.2) is 0 Å². The number of nitrogens with zero attached hydrogens (tertiary/aromatic N) is 1. The molecule has 3 nitrogen and oxygen atoms in total. The highest BCUT2D eigenvalue weighted by Gasteiger charge is 2.03. The Morgan fingerprint density at radius 2 is 2.20 bits per heavy atom. The fourth-order valence-corrected chi connectivity index (χ4v) is 1.87. The first-order valence-electron chi connectivity index (χ1n) is 4.76. The Morgan fingerprint density at radius 3 is 2.80 bits per heavy atom. The second-order valence-corrected chi connectivity index (χ2v) is 4.18. The number of halogens is 1. The van der Waals surface area contributed by atoms with Crippen molar-refractivity contribution in [3.63, 3.8) is 0 Å². The molecule has 78 valence electrons. The molecule has 1 aromatic carbocycles. The maximum Gasteiger partial charge on any atom is 0.267 e. The molecule has 0 radical (unpaired) electrons. The highest BCUT2D eigenvalue weighted by molar-refractivity contribution is 9.10. The summed E-state index contributed by atoms with van der Waals surface area (Å²) in [5.74, 6) is 0.